The number of methoxy groups -OCH3 is 1. The van der Waals surface area contributed by atoms with E-state index in [1.54, 1.807) is 0 Å². The zero-order valence-corrected chi connectivity index (χ0v) is 10.8. The first-order valence-corrected chi connectivity index (χ1v) is 5.77. The number of hydrogen-bond acceptors (Lipinski definition) is 3. The molecule has 0 unspecified atom stereocenters. The Morgan fingerprint density at radius 3 is 2.88 bits per heavy atom. The van der Waals surface area contributed by atoms with Gasteiger partial charge in [0.15, 0.2) is 0 Å². The lowest BCUT2D eigenvalue weighted by Crippen LogP contribution is -1.97. The van der Waals surface area contributed by atoms with Crippen LogP contribution in [0.5, 0.6) is 5.88 Å². The van der Waals surface area contributed by atoms with Crippen molar-refractivity contribution in [3.8, 4) is 5.88 Å². The van der Waals surface area contributed by atoms with Crippen molar-refractivity contribution in [1.82, 2.24) is 4.98 Å². The fraction of sp³-hybridized carbons (Fsp3) is 0.182. The van der Waals surface area contributed by atoms with Gasteiger partial charge in [-0.3, -0.25) is 0 Å². The second-order valence-corrected chi connectivity index (χ2v) is 4.53. The van der Waals surface area contributed by atoms with Crippen molar-refractivity contribution in [2.75, 3.05) is 7.11 Å². The molecule has 84 valence electrons. The summed E-state index contributed by atoms with van der Waals surface area (Å²) in [4.78, 5) is 4.28. The summed E-state index contributed by atoms with van der Waals surface area (Å²) in [6.45, 7) is -0.197. The largest absolute Gasteiger partial charge is 0.481 e. The molecule has 0 atom stereocenters. The van der Waals surface area contributed by atoms with Gasteiger partial charge in [0.05, 0.1) is 29.8 Å². The van der Waals surface area contributed by atoms with Crippen LogP contribution in [0, 0.1) is 0 Å². The number of rotatable bonds is 2. The number of aliphatic hydroxyl groups excluding tert-OH is 1. The van der Waals surface area contributed by atoms with Gasteiger partial charge in [-0.1, -0.05) is 27.5 Å². The van der Waals surface area contributed by atoms with Gasteiger partial charge in [-0.25, -0.2) is 4.98 Å². The Balaban J connectivity index is 2.82. The van der Waals surface area contributed by atoms with E-state index in [1.807, 2.05) is 18.2 Å². The van der Waals surface area contributed by atoms with Crippen LogP contribution in [-0.4, -0.2) is 17.2 Å². The Morgan fingerprint density at radius 2 is 2.25 bits per heavy atom. The fourth-order valence-electron chi connectivity index (χ4n) is 1.52. The Bertz CT molecular complexity index is 545. The van der Waals surface area contributed by atoms with E-state index in [0.29, 0.717) is 16.5 Å². The van der Waals surface area contributed by atoms with Crippen LogP contribution in [0.3, 0.4) is 0 Å². The Morgan fingerprint density at radius 1 is 1.50 bits per heavy atom. The van der Waals surface area contributed by atoms with E-state index >= 15 is 0 Å². The minimum atomic E-state index is -0.197. The van der Waals surface area contributed by atoms with Crippen LogP contribution in [-0.2, 0) is 6.61 Å². The lowest BCUT2D eigenvalue weighted by Gasteiger charge is -2.10. The van der Waals surface area contributed by atoms with Gasteiger partial charge in [0.25, 0.3) is 0 Å². The van der Waals surface area contributed by atoms with Crippen molar-refractivity contribution in [3.05, 3.63) is 33.3 Å². The minimum absolute atomic E-state index is 0.197. The number of ether oxygens (including phenoxy) is 1. The van der Waals surface area contributed by atoms with Crippen molar-refractivity contribution in [1.29, 1.82) is 0 Å². The number of hydrogen-bond donors (Lipinski definition) is 1. The van der Waals surface area contributed by atoms with E-state index in [2.05, 4.69) is 20.9 Å². The van der Waals surface area contributed by atoms with Gasteiger partial charge < -0.3 is 9.84 Å². The molecule has 0 radical (unpaired) electrons. The molecule has 0 saturated heterocycles. The average Bonchev–Trinajstić information content (AvgIpc) is 2.29. The summed E-state index contributed by atoms with van der Waals surface area (Å²) in [6, 6.07) is 5.59. The molecule has 2 rings (SSSR count). The van der Waals surface area contributed by atoms with Crippen molar-refractivity contribution >= 4 is 38.4 Å². The fourth-order valence-corrected chi connectivity index (χ4v) is 2.17. The molecule has 0 amide bonds. The average molecular weight is 303 g/mol. The zero-order chi connectivity index (χ0) is 11.7. The molecule has 0 aliphatic heterocycles. The quantitative estimate of drug-likeness (QED) is 0.926. The summed E-state index contributed by atoms with van der Waals surface area (Å²) in [5.74, 6) is 0.363. The first-order chi connectivity index (χ1) is 7.67. The highest BCUT2D eigenvalue weighted by Gasteiger charge is 2.13. The third kappa shape index (κ3) is 1.88. The molecule has 1 N–H and O–H groups in total. The van der Waals surface area contributed by atoms with E-state index in [0.717, 1.165) is 15.4 Å². The van der Waals surface area contributed by atoms with Crippen LogP contribution in [0.1, 0.15) is 5.56 Å². The van der Waals surface area contributed by atoms with Crippen LogP contribution < -0.4 is 4.74 Å². The highest BCUT2D eigenvalue weighted by molar-refractivity contribution is 9.10. The summed E-state index contributed by atoms with van der Waals surface area (Å²) in [5.41, 5.74) is 1.25. The third-order valence-electron chi connectivity index (χ3n) is 2.29. The van der Waals surface area contributed by atoms with E-state index in [4.69, 9.17) is 16.3 Å². The summed E-state index contributed by atoms with van der Waals surface area (Å²) in [6.07, 6.45) is 0. The molecule has 0 spiro atoms. The molecule has 1 heterocycles. The lowest BCUT2D eigenvalue weighted by atomic mass is 10.1. The second-order valence-electron chi connectivity index (χ2n) is 3.23. The Hall–Kier alpha value is -0.840. The Labute approximate surface area is 106 Å². The molecule has 0 aliphatic rings. The van der Waals surface area contributed by atoms with E-state index in [1.165, 1.54) is 7.11 Å². The molecule has 0 bridgehead atoms. The van der Waals surface area contributed by atoms with Crippen LogP contribution in [0.25, 0.3) is 10.9 Å². The van der Waals surface area contributed by atoms with Gasteiger partial charge in [-0.05, 0) is 18.2 Å². The topological polar surface area (TPSA) is 42.4 Å². The number of aromatic nitrogens is 1. The van der Waals surface area contributed by atoms with Crippen molar-refractivity contribution < 1.29 is 9.84 Å². The lowest BCUT2D eigenvalue weighted by molar-refractivity contribution is 0.272. The number of halogens is 2. The highest BCUT2D eigenvalue weighted by atomic mass is 79.9. The molecular weight excluding hydrogens is 293 g/mol. The van der Waals surface area contributed by atoms with Crippen molar-refractivity contribution in [2.45, 2.75) is 6.61 Å². The molecule has 0 aliphatic carbocycles. The smallest absolute Gasteiger partial charge is 0.220 e. The van der Waals surface area contributed by atoms with Gasteiger partial charge in [-0.2, -0.15) is 0 Å². The zero-order valence-electron chi connectivity index (χ0n) is 8.50. The molecule has 0 fully saturated rings. The maximum absolute atomic E-state index is 9.24. The third-order valence-corrected chi connectivity index (χ3v) is 3.22. The molecule has 0 saturated carbocycles. The number of benzene rings is 1. The predicted octanol–water partition coefficient (Wildman–Crippen LogP) is 3.15. The Kier molecular flexibility index (Phi) is 3.33. The van der Waals surface area contributed by atoms with Crippen LogP contribution in [0.4, 0.5) is 0 Å². The van der Waals surface area contributed by atoms with Gasteiger partial charge in [0, 0.05) is 9.86 Å². The van der Waals surface area contributed by atoms with E-state index in [9.17, 15) is 5.11 Å². The van der Waals surface area contributed by atoms with Gasteiger partial charge >= 0.3 is 0 Å². The SMILES string of the molecule is COc1nc2ccc(Br)cc2c(Cl)c1CO. The van der Waals surface area contributed by atoms with E-state index < -0.39 is 0 Å². The normalized spacial score (nSPS) is 10.8. The molecule has 1 aromatic carbocycles. The maximum atomic E-state index is 9.24. The van der Waals surface area contributed by atoms with Gasteiger partial charge in [0.1, 0.15) is 0 Å². The monoisotopic (exact) mass is 301 g/mol. The summed E-state index contributed by atoms with van der Waals surface area (Å²) in [5, 5.41) is 10.5. The molecule has 5 heteroatoms. The number of nitrogens with zero attached hydrogens (tertiary/aromatic N) is 1. The number of fused-ring (bicyclic) bond motifs is 1. The standard InChI is InChI=1S/C11H9BrClNO2/c1-16-11-8(5-15)10(13)7-4-6(12)2-3-9(7)14-11/h2-4,15H,5H2,1H3. The summed E-state index contributed by atoms with van der Waals surface area (Å²) >= 11 is 9.57. The molecule has 3 nitrogen and oxygen atoms in total. The maximum Gasteiger partial charge on any atom is 0.220 e. The van der Waals surface area contributed by atoms with Crippen molar-refractivity contribution in [2.24, 2.45) is 0 Å². The van der Waals surface area contributed by atoms with Gasteiger partial charge in [-0.15, -0.1) is 0 Å². The predicted molar refractivity (Wildman–Crippen MR) is 66.9 cm³/mol. The first-order valence-electron chi connectivity index (χ1n) is 4.60. The minimum Gasteiger partial charge on any atom is -0.481 e. The highest BCUT2D eigenvalue weighted by Crippen LogP contribution is 2.33. The second kappa shape index (κ2) is 4.57. The summed E-state index contributed by atoms with van der Waals surface area (Å²) in [7, 11) is 1.50. The van der Waals surface area contributed by atoms with Crippen LogP contribution in [0.2, 0.25) is 5.02 Å². The number of pyridine rings is 1. The van der Waals surface area contributed by atoms with Gasteiger partial charge in [0.2, 0.25) is 5.88 Å². The first kappa shape index (κ1) is 11.6. The number of aliphatic hydroxyl groups is 1. The molecule has 2 aromatic rings. The van der Waals surface area contributed by atoms with Crippen molar-refractivity contribution in [3.63, 3.8) is 0 Å². The molecule has 16 heavy (non-hydrogen) atoms. The molecular formula is C11H9BrClNO2. The summed E-state index contributed by atoms with van der Waals surface area (Å²) < 4.78 is 6.00. The van der Waals surface area contributed by atoms with Crippen LogP contribution in [0.15, 0.2) is 22.7 Å². The van der Waals surface area contributed by atoms with Crippen LogP contribution >= 0.6 is 27.5 Å². The van der Waals surface area contributed by atoms with E-state index in [-0.39, 0.29) is 6.61 Å². The molecule has 1 aromatic heterocycles.